The van der Waals surface area contributed by atoms with Crippen LogP contribution in [0, 0.1) is 23.6 Å². The van der Waals surface area contributed by atoms with Gasteiger partial charge < -0.3 is 4.74 Å². The molecule has 2 aromatic carbocycles. The molecule has 0 radical (unpaired) electrons. The summed E-state index contributed by atoms with van der Waals surface area (Å²) in [4.78, 5) is 0. The number of hydrogen-bond donors (Lipinski definition) is 0. The second-order valence-electron chi connectivity index (χ2n) is 7.93. The van der Waals surface area contributed by atoms with Crippen molar-refractivity contribution in [3.8, 4) is 17.6 Å². The summed E-state index contributed by atoms with van der Waals surface area (Å²) >= 11 is 0. The molecule has 0 atom stereocenters. The van der Waals surface area contributed by atoms with Crippen LogP contribution in [0.4, 0.5) is 4.39 Å². The van der Waals surface area contributed by atoms with E-state index < -0.39 is 0 Å². The number of unbranched alkanes of at least 4 members (excludes halogenated alkanes) is 2. The van der Waals surface area contributed by atoms with E-state index in [1.807, 2.05) is 0 Å². The van der Waals surface area contributed by atoms with Gasteiger partial charge in [0, 0.05) is 11.1 Å². The quantitative estimate of drug-likeness (QED) is 0.385. The van der Waals surface area contributed by atoms with Gasteiger partial charge in [0.05, 0.1) is 7.11 Å². The first-order valence-corrected chi connectivity index (χ1v) is 10.6. The maximum Gasteiger partial charge on any atom is 0.166 e. The van der Waals surface area contributed by atoms with Crippen LogP contribution in [0.2, 0.25) is 0 Å². The fourth-order valence-electron chi connectivity index (χ4n) is 4.19. The van der Waals surface area contributed by atoms with Gasteiger partial charge in [0.25, 0.3) is 0 Å². The highest BCUT2D eigenvalue weighted by atomic mass is 19.1. The van der Waals surface area contributed by atoms with Crippen molar-refractivity contribution >= 4 is 0 Å². The third-order valence-electron chi connectivity index (χ3n) is 5.95. The second kappa shape index (κ2) is 10.3. The molecular weight excluding hydrogens is 347 g/mol. The van der Waals surface area contributed by atoms with Gasteiger partial charge in [-0.2, -0.15) is 0 Å². The zero-order valence-electron chi connectivity index (χ0n) is 17.1. The fourth-order valence-corrected chi connectivity index (χ4v) is 4.19. The van der Waals surface area contributed by atoms with Gasteiger partial charge in [-0.25, -0.2) is 4.39 Å². The van der Waals surface area contributed by atoms with Gasteiger partial charge in [-0.05, 0) is 73.4 Å². The predicted molar refractivity (Wildman–Crippen MR) is 114 cm³/mol. The molecule has 0 N–H and O–H groups in total. The lowest BCUT2D eigenvalue weighted by Crippen LogP contribution is -2.13. The third kappa shape index (κ3) is 5.61. The first-order chi connectivity index (χ1) is 13.7. The number of halogens is 1. The molecule has 0 heterocycles. The number of hydrogen-bond acceptors (Lipinski definition) is 1. The van der Waals surface area contributed by atoms with E-state index in [1.165, 1.54) is 70.1 Å². The van der Waals surface area contributed by atoms with E-state index in [-0.39, 0.29) is 11.6 Å². The molecule has 1 aliphatic carbocycles. The molecule has 1 fully saturated rings. The lowest BCUT2D eigenvalue weighted by molar-refractivity contribution is 0.303. The minimum Gasteiger partial charge on any atom is -0.494 e. The molecule has 3 rings (SSSR count). The maximum absolute atomic E-state index is 13.8. The number of benzene rings is 2. The normalized spacial score (nSPS) is 19.0. The van der Waals surface area contributed by atoms with E-state index >= 15 is 0 Å². The molecule has 0 aliphatic heterocycles. The van der Waals surface area contributed by atoms with Gasteiger partial charge >= 0.3 is 0 Å². The molecule has 148 valence electrons. The molecule has 0 bridgehead atoms. The van der Waals surface area contributed by atoms with Crippen LogP contribution in [0.15, 0.2) is 42.5 Å². The summed E-state index contributed by atoms with van der Waals surface area (Å²) in [5, 5.41) is 0. The Kier molecular flexibility index (Phi) is 7.54. The summed E-state index contributed by atoms with van der Waals surface area (Å²) in [6.45, 7) is 2.28. The van der Waals surface area contributed by atoms with Crippen molar-refractivity contribution in [3.63, 3.8) is 0 Å². The van der Waals surface area contributed by atoms with Gasteiger partial charge in [0.1, 0.15) is 0 Å². The smallest absolute Gasteiger partial charge is 0.166 e. The molecule has 0 aromatic heterocycles. The van der Waals surface area contributed by atoms with Crippen LogP contribution >= 0.6 is 0 Å². The zero-order valence-corrected chi connectivity index (χ0v) is 17.1. The highest BCUT2D eigenvalue weighted by Gasteiger charge is 2.21. The Hall–Kier alpha value is -2.27. The highest BCUT2D eigenvalue weighted by molar-refractivity contribution is 5.45. The summed E-state index contributed by atoms with van der Waals surface area (Å²) < 4.78 is 18.7. The van der Waals surface area contributed by atoms with E-state index in [0.29, 0.717) is 11.5 Å². The minimum absolute atomic E-state index is 0.245. The van der Waals surface area contributed by atoms with Crippen LogP contribution in [0.3, 0.4) is 0 Å². The first-order valence-electron chi connectivity index (χ1n) is 10.6. The lowest BCUT2D eigenvalue weighted by atomic mass is 9.77. The van der Waals surface area contributed by atoms with Gasteiger partial charge in [-0.3, -0.25) is 0 Å². The van der Waals surface area contributed by atoms with Crippen LogP contribution in [-0.2, 0) is 0 Å². The van der Waals surface area contributed by atoms with Gasteiger partial charge in [0.2, 0.25) is 0 Å². The summed E-state index contributed by atoms with van der Waals surface area (Å²) in [5.74, 6) is 7.67. The predicted octanol–water partition coefficient (Wildman–Crippen LogP) is 7.09. The minimum atomic E-state index is -0.380. The number of rotatable bonds is 6. The first kappa shape index (κ1) is 20.5. The van der Waals surface area contributed by atoms with Crippen molar-refractivity contribution in [2.24, 2.45) is 5.92 Å². The maximum atomic E-state index is 13.8. The number of methoxy groups -OCH3 is 1. The Morgan fingerprint density at radius 3 is 2.25 bits per heavy atom. The molecule has 1 saturated carbocycles. The third-order valence-corrected chi connectivity index (χ3v) is 5.95. The van der Waals surface area contributed by atoms with Crippen LogP contribution in [-0.4, -0.2) is 7.11 Å². The molecule has 0 saturated heterocycles. The summed E-state index contributed by atoms with van der Waals surface area (Å²) in [6.07, 6.45) is 10.9. The van der Waals surface area contributed by atoms with Crippen LogP contribution < -0.4 is 4.74 Å². The molecule has 1 nitrogen and oxygen atoms in total. The van der Waals surface area contributed by atoms with E-state index in [4.69, 9.17) is 4.74 Å². The molecule has 28 heavy (non-hydrogen) atoms. The Balaban J connectivity index is 1.55. The highest BCUT2D eigenvalue weighted by Crippen LogP contribution is 2.37. The lowest BCUT2D eigenvalue weighted by Gasteiger charge is -2.29. The summed E-state index contributed by atoms with van der Waals surface area (Å²) in [7, 11) is 1.46. The van der Waals surface area contributed by atoms with Crippen molar-refractivity contribution < 1.29 is 9.13 Å². The largest absolute Gasteiger partial charge is 0.494 e. The van der Waals surface area contributed by atoms with Gasteiger partial charge in [0.15, 0.2) is 11.6 Å². The van der Waals surface area contributed by atoms with Crippen molar-refractivity contribution in [2.75, 3.05) is 7.11 Å². The topological polar surface area (TPSA) is 9.23 Å². The SMILES string of the molecule is CCCCC[C@H]1CC[C@H](c2ccc(C#Cc3ccc(OC)c(F)c3)cc2)CC1. The van der Waals surface area contributed by atoms with E-state index in [0.717, 1.165) is 11.5 Å². The molecule has 0 amide bonds. The fraction of sp³-hybridized carbons (Fsp3) is 0.462. The summed E-state index contributed by atoms with van der Waals surface area (Å²) in [6, 6.07) is 13.4. The van der Waals surface area contributed by atoms with Crippen molar-refractivity contribution in [1.29, 1.82) is 0 Å². The Morgan fingerprint density at radius 2 is 1.61 bits per heavy atom. The molecule has 1 aliphatic rings. The second-order valence-corrected chi connectivity index (χ2v) is 7.93. The molecular formula is C26H31FO. The van der Waals surface area contributed by atoms with Gasteiger partial charge in [-0.1, -0.05) is 56.6 Å². The summed E-state index contributed by atoms with van der Waals surface area (Å²) in [5.41, 5.74) is 3.06. The van der Waals surface area contributed by atoms with Crippen molar-refractivity contribution in [2.45, 2.75) is 64.2 Å². The molecule has 0 unspecified atom stereocenters. The van der Waals surface area contributed by atoms with E-state index in [1.54, 1.807) is 12.1 Å². The Bertz CT molecular complexity index is 805. The van der Waals surface area contributed by atoms with Crippen LogP contribution in [0.1, 0.15) is 80.9 Å². The number of ether oxygens (including phenoxy) is 1. The molecule has 2 heteroatoms. The van der Waals surface area contributed by atoms with Gasteiger partial charge in [-0.15, -0.1) is 0 Å². The average Bonchev–Trinajstić information content (AvgIpc) is 2.73. The standard InChI is InChI=1S/C26H31FO/c1-3-4-5-6-20-9-14-23(15-10-20)24-16-11-21(12-17-24)7-8-22-13-18-26(28-2)25(27)19-22/h11-13,16-20,23H,3-6,9-10,14-15H2,1-2H3/t20-,23-. The average molecular weight is 379 g/mol. The van der Waals surface area contributed by atoms with Crippen molar-refractivity contribution in [3.05, 3.63) is 65.0 Å². The molecule has 0 spiro atoms. The Morgan fingerprint density at radius 1 is 0.929 bits per heavy atom. The monoisotopic (exact) mass is 378 g/mol. The van der Waals surface area contributed by atoms with Crippen LogP contribution in [0.25, 0.3) is 0 Å². The van der Waals surface area contributed by atoms with Crippen LogP contribution in [0.5, 0.6) is 5.75 Å². The zero-order chi connectivity index (χ0) is 19.8. The van der Waals surface area contributed by atoms with Crippen molar-refractivity contribution in [1.82, 2.24) is 0 Å². The van der Waals surface area contributed by atoms with E-state index in [9.17, 15) is 4.39 Å². The Labute approximate surface area is 169 Å². The molecule has 2 aromatic rings. The van der Waals surface area contributed by atoms with E-state index in [2.05, 4.69) is 43.0 Å².